The van der Waals surface area contributed by atoms with Gasteiger partial charge in [-0.1, -0.05) is 19.1 Å². The summed E-state index contributed by atoms with van der Waals surface area (Å²) >= 11 is 0. The third-order valence-electron chi connectivity index (χ3n) is 2.93. The van der Waals surface area contributed by atoms with E-state index in [0.717, 1.165) is 23.4 Å². The second-order valence-corrected chi connectivity index (χ2v) is 4.25. The van der Waals surface area contributed by atoms with Crippen molar-refractivity contribution in [2.45, 2.75) is 19.9 Å². The molecule has 0 aliphatic rings. The van der Waals surface area contributed by atoms with Gasteiger partial charge in [0.1, 0.15) is 5.82 Å². The Morgan fingerprint density at radius 3 is 2.72 bits per heavy atom. The minimum absolute atomic E-state index is 0.0109. The molecule has 0 fully saturated rings. The van der Waals surface area contributed by atoms with Crippen molar-refractivity contribution in [3.05, 3.63) is 65.2 Å². The molecule has 1 aromatic heterocycles. The fourth-order valence-corrected chi connectivity index (χ4v) is 2.09. The molecule has 1 unspecified atom stereocenters. The summed E-state index contributed by atoms with van der Waals surface area (Å²) in [5, 5.41) is 3.39. The van der Waals surface area contributed by atoms with E-state index >= 15 is 0 Å². The van der Waals surface area contributed by atoms with E-state index in [9.17, 15) is 4.39 Å². The molecule has 0 radical (unpaired) electrons. The Hall–Kier alpha value is -1.74. The van der Waals surface area contributed by atoms with Gasteiger partial charge in [0.05, 0.1) is 11.7 Å². The predicted octanol–water partition coefficient (Wildman–Crippen LogP) is 3.23. The van der Waals surface area contributed by atoms with Gasteiger partial charge in [-0.15, -0.1) is 0 Å². The summed E-state index contributed by atoms with van der Waals surface area (Å²) in [6.07, 6.45) is 1.78. The van der Waals surface area contributed by atoms with Gasteiger partial charge < -0.3 is 5.32 Å². The summed E-state index contributed by atoms with van der Waals surface area (Å²) in [4.78, 5) is 4.38. The molecule has 1 N–H and O–H groups in total. The van der Waals surface area contributed by atoms with Crippen molar-refractivity contribution in [2.75, 3.05) is 6.54 Å². The first-order chi connectivity index (χ1) is 8.72. The van der Waals surface area contributed by atoms with Gasteiger partial charge in [0.25, 0.3) is 0 Å². The van der Waals surface area contributed by atoms with Gasteiger partial charge >= 0.3 is 0 Å². The normalized spacial score (nSPS) is 12.4. The molecule has 0 aliphatic carbocycles. The van der Waals surface area contributed by atoms with Gasteiger partial charge in [0, 0.05) is 6.20 Å². The lowest BCUT2D eigenvalue weighted by atomic mass is 9.98. The van der Waals surface area contributed by atoms with E-state index in [2.05, 4.69) is 17.2 Å². The number of nitrogens with one attached hydrogen (secondary N) is 1. The molecule has 1 aromatic carbocycles. The van der Waals surface area contributed by atoms with Crippen molar-refractivity contribution >= 4 is 0 Å². The fourth-order valence-electron chi connectivity index (χ4n) is 2.09. The van der Waals surface area contributed by atoms with Crippen LogP contribution in [-0.2, 0) is 0 Å². The molecule has 1 heterocycles. The van der Waals surface area contributed by atoms with Crippen LogP contribution in [0.2, 0.25) is 0 Å². The summed E-state index contributed by atoms with van der Waals surface area (Å²) in [6.45, 7) is 4.80. The van der Waals surface area contributed by atoms with Gasteiger partial charge in [-0.25, -0.2) is 4.39 Å². The zero-order valence-corrected chi connectivity index (χ0v) is 10.7. The van der Waals surface area contributed by atoms with Crippen molar-refractivity contribution in [2.24, 2.45) is 0 Å². The molecule has 0 amide bonds. The smallest absolute Gasteiger partial charge is 0.123 e. The van der Waals surface area contributed by atoms with Crippen LogP contribution in [-0.4, -0.2) is 11.5 Å². The molecule has 18 heavy (non-hydrogen) atoms. The maximum Gasteiger partial charge on any atom is 0.123 e. The van der Waals surface area contributed by atoms with Gasteiger partial charge in [-0.2, -0.15) is 0 Å². The molecule has 0 bridgehead atoms. The number of pyridine rings is 1. The molecular weight excluding hydrogens is 227 g/mol. The van der Waals surface area contributed by atoms with E-state index in [0.29, 0.717) is 0 Å². The van der Waals surface area contributed by atoms with Crippen molar-refractivity contribution in [1.29, 1.82) is 0 Å². The Labute approximate surface area is 107 Å². The summed E-state index contributed by atoms with van der Waals surface area (Å²) in [5.74, 6) is -0.201. The highest BCUT2D eigenvalue weighted by Crippen LogP contribution is 2.23. The Morgan fingerprint density at radius 2 is 2.11 bits per heavy atom. The van der Waals surface area contributed by atoms with Gasteiger partial charge in [0.2, 0.25) is 0 Å². The first-order valence-corrected chi connectivity index (χ1v) is 6.12. The molecule has 2 nitrogen and oxygen atoms in total. The number of halogens is 1. The first kappa shape index (κ1) is 12.7. The molecule has 0 spiro atoms. The van der Waals surface area contributed by atoms with E-state index in [-0.39, 0.29) is 11.9 Å². The van der Waals surface area contributed by atoms with Crippen LogP contribution in [0.4, 0.5) is 4.39 Å². The second kappa shape index (κ2) is 5.74. The van der Waals surface area contributed by atoms with Crippen molar-refractivity contribution in [1.82, 2.24) is 10.3 Å². The Balaban J connectivity index is 2.41. The van der Waals surface area contributed by atoms with Gasteiger partial charge in [-0.05, 0) is 48.9 Å². The molecular formula is C15H17FN2. The third kappa shape index (κ3) is 2.74. The summed E-state index contributed by atoms with van der Waals surface area (Å²) < 4.78 is 13.2. The molecule has 94 valence electrons. The SMILES string of the molecule is CCNC(c1ccccn1)c1ccc(F)cc1C. The van der Waals surface area contributed by atoms with Crippen molar-refractivity contribution in [3.8, 4) is 0 Å². The van der Waals surface area contributed by atoms with Gasteiger partial charge in [0.15, 0.2) is 0 Å². The molecule has 3 heteroatoms. The highest BCUT2D eigenvalue weighted by atomic mass is 19.1. The highest BCUT2D eigenvalue weighted by Gasteiger charge is 2.16. The van der Waals surface area contributed by atoms with Crippen LogP contribution in [0.3, 0.4) is 0 Å². The molecule has 0 aliphatic heterocycles. The average molecular weight is 244 g/mol. The number of aryl methyl sites for hydroxylation is 1. The minimum atomic E-state index is -0.201. The Morgan fingerprint density at radius 1 is 1.28 bits per heavy atom. The number of aromatic nitrogens is 1. The van der Waals surface area contributed by atoms with Crippen LogP contribution >= 0.6 is 0 Å². The lowest BCUT2D eigenvalue weighted by molar-refractivity contribution is 0.601. The van der Waals surface area contributed by atoms with E-state index in [1.165, 1.54) is 6.07 Å². The maximum absolute atomic E-state index is 13.2. The quantitative estimate of drug-likeness (QED) is 0.893. The van der Waals surface area contributed by atoms with E-state index in [1.54, 1.807) is 12.3 Å². The second-order valence-electron chi connectivity index (χ2n) is 4.25. The third-order valence-corrected chi connectivity index (χ3v) is 2.93. The lowest BCUT2D eigenvalue weighted by Crippen LogP contribution is -2.23. The minimum Gasteiger partial charge on any atom is -0.305 e. The van der Waals surface area contributed by atoms with Crippen molar-refractivity contribution < 1.29 is 4.39 Å². The van der Waals surface area contributed by atoms with Crippen LogP contribution in [0.25, 0.3) is 0 Å². The van der Waals surface area contributed by atoms with Crippen LogP contribution in [0.1, 0.15) is 29.8 Å². The van der Waals surface area contributed by atoms with Crippen molar-refractivity contribution in [3.63, 3.8) is 0 Å². The fraction of sp³-hybridized carbons (Fsp3) is 0.267. The topological polar surface area (TPSA) is 24.9 Å². The predicted molar refractivity (Wildman–Crippen MR) is 70.9 cm³/mol. The Bertz CT molecular complexity index is 511. The number of rotatable bonds is 4. The molecule has 1 atom stereocenters. The van der Waals surface area contributed by atoms with E-state index < -0.39 is 0 Å². The zero-order chi connectivity index (χ0) is 13.0. The number of nitrogens with zero attached hydrogens (tertiary/aromatic N) is 1. The zero-order valence-electron chi connectivity index (χ0n) is 10.7. The van der Waals surface area contributed by atoms with E-state index in [4.69, 9.17) is 0 Å². The standard InChI is InChI=1S/C15H17FN2/c1-3-17-15(14-6-4-5-9-18-14)13-8-7-12(16)10-11(13)2/h4-10,15,17H,3H2,1-2H3. The van der Waals surface area contributed by atoms with Gasteiger partial charge in [-0.3, -0.25) is 4.98 Å². The summed E-state index contributed by atoms with van der Waals surface area (Å²) in [5.41, 5.74) is 2.96. The molecule has 2 rings (SSSR count). The van der Waals surface area contributed by atoms with Crippen LogP contribution in [0.5, 0.6) is 0 Å². The molecule has 2 aromatic rings. The van der Waals surface area contributed by atoms with Crippen LogP contribution in [0, 0.1) is 12.7 Å². The first-order valence-electron chi connectivity index (χ1n) is 6.12. The summed E-state index contributed by atoms with van der Waals surface area (Å²) in [7, 11) is 0. The van der Waals surface area contributed by atoms with Crippen LogP contribution < -0.4 is 5.32 Å². The maximum atomic E-state index is 13.2. The summed E-state index contributed by atoms with van der Waals surface area (Å²) in [6, 6.07) is 10.7. The van der Waals surface area contributed by atoms with Crippen LogP contribution in [0.15, 0.2) is 42.6 Å². The number of benzene rings is 1. The number of hydrogen-bond acceptors (Lipinski definition) is 2. The highest BCUT2D eigenvalue weighted by molar-refractivity contribution is 5.34. The van der Waals surface area contributed by atoms with E-state index in [1.807, 2.05) is 31.2 Å². The monoisotopic (exact) mass is 244 g/mol. The largest absolute Gasteiger partial charge is 0.305 e. The average Bonchev–Trinajstić information content (AvgIpc) is 2.38. The molecule has 0 saturated heterocycles. The Kier molecular flexibility index (Phi) is 4.05. The lowest BCUT2D eigenvalue weighted by Gasteiger charge is -2.19. The number of hydrogen-bond donors (Lipinski definition) is 1. The molecule has 0 saturated carbocycles.